The van der Waals surface area contributed by atoms with Crippen LogP contribution >= 0.6 is 15.9 Å². The molecule has 1 aromatic carbocycles. The number of halogens is 1. The molecule has 0 N–H and O–H groups in total. The summed E-state index contributed by atoms with van der Waals surface area (Å²) in [6, 6.07) is 10.6. The van der Waals surface area contributed by atoms with Crippen molar-refractivity contribution in [2.75, 3.05) is 0 Å². The standard InChI is InChI=1S/C11H10BrN/c1-11(7-13)6-10(11)8-3-2-4-9(12)5-8/h2-5,10H,6H2,1H3. The van der Waals surface area contributed by atoms with Crippen molar-refractivity contribution < 1.29 is 0 Å². The minimum Gasteiger partial charge on any atom is -0.198 e. The Bertz CT molecular complexity index is 380. The number of hydrogen-bond donors (Lipinski definition) is 0. The molecule has 0 heterocycles. The molecule has 1 aliphatic carbocycles. The van der Waals surface area contributed by atoms with Crippen molar-refractivity contribution in [1.29, 1.82) is 5.26 Å². The third kappa shape index (κ3) is 1.49. The largest absolute Gasteiger partial charge is 0.198 e. The van der Waals surface area contributed by atoms with Crippen LogP contribution in [0.3, 0.4) is 0 Å². The quantitative estimate of drug-likeness (QED) is 0.732. The van der Waals surface area contributed by atoms with Gasteiger partial charge in [0.25, 0.3) is 0 Å². The summed E-state index contributed by atoms with van der Waals surface area (Å²) in [6.45, 7) is 2.03. The first-order valence-corrected chi connectivity index (χ1v) is 5.12. The zero-order chi connectivity index (χ0) is 9.47. The summed E-state index contributed by atoms with van der Waals surface area (Å²) in [5, 5.41) is 8.90. The van der Waals surface area contributed by atoms with E-state index in [0.29, 0.717) is 5.92 Å². The first-order valence-electron chi connectivity index (χ1n) is 4.32. The van der Waals surface area contributed by atoms with E-state index in [-0.39, 0.29) is 5.41 Å². The van der Waals surface area contributed by atoms with E-state index in [0.717, 1.165) is 10.9 Å². The number of nitrogens with zero attached hydrogens (tertiary/aromatic N) is 1. The molecule has 2 rings (SSSR count). The second kappa shape index (κ2) is 2.85. The Balaban J connectivity index is 2.27. The van der Waals surface area contributed by atoms with Crippen molar-refractivity contribution in [3.8, 4) is 6.07 Å². The third-order valence-corrected chi connectivity index (χ3v) is 3.24. The van der Waals surface area contributed by atoms with Gasteiger partial charge >= 0.3 is 0 Å². The molecule has 66 valence electrons. The molecule has 0 spiro atoms. The summed E-state index contributed by atoms with van der Waals surface area (Å²) in [4.78, 5) is 0. The second-order valence-corrected chi connectivity index (χ2v) is 4.76. The van der Waals surface area contributed by atoms with Crippen molar-refractivity contribution in [2.45, 2.75) is 19.3 Å². The van der Waals surface area contributed by atoms with Crippen LogP contribution in [0.2, 0.25) is 0 Å². The van der Waals surface area contributed by atoms with Gasteiger partial charge in [-0.15, -0.1) is 0 Å². The van der Waals surface area contributed by atoms with Gasteiger partial charge in [0, 0.05) is 10.4 Å². The van der Waals surface area contributed by atoms with E-state index in [4.69, 9.17) is 5.26 Å². The average molecular weight is 236 g/mol. The van der Waals surface area contributed by atoms with E-state index >= 15 is 0 Å². The van der Waals surface area contributed by atoms with Gasteiger partial charge < -0.3 is 0 Å². The van der Waals surface area contributed by atoms with Crippen LogP contribution in [-0.2, 0) is 0 Å². The summed E-state index contributed by atoms with van der Waals surface area (Å²) in [5.74, 6) is 0.440. The summed E-state index contributed by atoms with van der Waals surface area (Å²) in [6.07, 6.45) is 1.000. The lowest BCUT2D eigenvalue weighted by Gasteiger charge is -2.01. The molecule has 0 radical (unpaired) electrons. The maximum atomic E-state index is 8.90. The monoisotopic (exact) mass is 235 g/mol. The van der Waals surface area contributed by atoms with Crippen molar-refractivity contribution in [1.82, 2.24) is 0 Å². The van der Waals surface area contributed by atoms with Gasteiger partial charge in [-0.1, -0.05) is 28.1 Å². The molecule has 1 aliphatic rings. The van der Waals surface area contributed by atoms with Crippen LogP contribution in [0.5, 0.6) is 0 Å². The van der Waals surface area contributed by atoms with E-state index in [9.17, 15) is 0 Å². The van der Waals surface area contributed by atoms with E-state index in [1.54, 1.807) is 0 Å². The second-order valence-electron chi connectivity index (χ2n) is 3.84. The van der Waals surface area contributed by atoms with Gasteiger partial charge in [0.15, 0.2) is 0 Å². The zero-order valence-electron chi connectivity index (χ0n) is 7.42. The Hall–Kier alpha value is -0.810. The van der Waals surface area contributed by atoms with Crippen molar-refractivity contribution in [3.63, 3.8) is 0 Å². The van der Waals surface area contributed by atoms with Gasteiger partial charge in [-0.3, -0.25) is 0 Å². The van der Waals surface area contributed by atoms with Gasteiger partial charge in [0.2, 0.25) is 0 Å². The highest BCUT2D eigenvalue weighted by Gasteiger charge is 2.51. The zero-order valence-corrected chi connectivity index (χ0v) is 9.01. The molecule has 2 heteroatoms. The Morgan fingerprint density at radius 1 is 1.62 bits per heavy atom. The summed E-state index contributed by atoms with van der Waals surface area (Å²) in [5.41, 5.74) is 1.17. The Morgan fingerprint density at radius 2 is 2.38 bits per heavy atom. The number of hydrogen-bond acceptors (Lipinski definition) is 1. The van der Waals surface area contributed by atoms with E-state index in [1.807, 2.05) is 19.1 Å². The molecule has 2 atom stereocenters. The SMILES string of the molecule is CC1(C#N)CC1c1cccc(Br)c1. The molecule has 0 aliphatic heterocycles. The lowest BCUT2D eigenvalue weighted by molar-refractivity contribution is 0.727. The van der Waals surface area contributed by atoms with Gasteiger partial charge in [-0.25, -0.2) is 0 Å². The van der Waals surface area contributed by atoms with E-state index in [2.05, 4.69) is 34.1 Å². The Kier molecular flexibility index (Phi) is 1.92. The van der Waals surface area contributed by atoms with Crippen LogP contribution in [0.1, 0.15) is 24.8 Å². The number of benzene rings is 1. The van der Waals surface area contributed by atoms with Gasteiger partial charge in [0.1, 0.15) is 0 Å². The third-order valence-electron chi connectivity index (χ3n) is 2.74. The lowest BCUT2D eigenvalue weighted by Crippen LogP contribution is -1.92. The molecule has 1 aromatic rings. The van der Waals surface area contributed by atoms with Crippen LogP contribution in [0.15, 0.2) is 28.7 Å². The maximum Gasteiger partial charge on any atom is 0.0693 e. The fraction of sp³-hybridized carbons (Fsp3) is 0.364. The predicted octanol–water partition coefficient (Wildman–Crippen LogP) is 3.47. The van der Waals surface area contributed by atoms with E-state index < -0.39 is 0 Å². The topological polar surface area (TPSA) is 23.8 Å². The van der Waals surface area contributed by atoms with Crippen LogP contribution in [0, 0.1) is 16.7 Å². The molecule has 0 aromatic heterocycles. The highest BCUT2D eigenvalue weighted by molar-refractivity contribution is 9.10. The predicted molar refractivity (Wildman–Crippen MR) is 55.2 cm³/mol. The minimum atomic E-state index is -0.110. The number of nitriles is 1. The van der Waals surface area contributed by atoms with Crippen molar-refractivity contribution in [2.24, 2.45) is 5.41 Å². The molecular weight excluding hydrogens is 226 g/mol. The first kappa shape index (κ1) is 8.77. The highest BCUT2D eigenvalue weighted by atomic mass is 79.9. The summed E-state index contributed by atoms with van der Waals surface area (Å²) >= 11 is 3.43. The molecule has 0 bridgehead atoms. The van der Waals surface area contributed by atoms with Crippen LogP contribution < -0.4 is 0 Å². The summed E-state index contributed by atoms with van der Waals surface area (Å²) in [7, 11) is 0. The van der Waals surface area contributed by atoms with Gasteiger partial charge in [-0.2, -0.15) is 5.26 Å². The normalized spacial score (nSPS) is 31.0. The van der Waals surface area contributed by atoms with Crippen molar-refractivity contribution >= 4 is 15.9 Å². The molecule has 0 amide bonds. The summed E-state index contributed by atoms with van der Waals surface area (Å²) < 4.78 is 1.09. The minimum absolute atomic E-state index is 0.110. The Labute approximate surface area is 86.5 Å². The fourth-order valence-electron chi connectivity index (χ4n) is 1.70. The molecular formula is C11H10BrN. The van der Waals surface area contributed by atoms with Gasteiger partial charge in [-0.05, 0) is 31.0 Å². The molecule has 1 nitrogen and oxygen atoms in total. The van der Waals surface area contributed by atoms with Crippen LogP contribution in [0.25, 0.3) is 0 Å². The number of rotatable bonds is 1. The molecule has 1 fully saturated rings. The molecule has 1 saturated carbocycles. The average Bonchev–Trinajstić information content (AvgIpc) is 2.79. The van der Waals surface area contributed by atoms with Gasteiger partial charge in [0.05, 0.1) is 11.5 Å². The molecule has 13 heavy (non-hydrogen) atoms. The first-order chi connectivity index (χ1) is 6.15. The fourth-order valence-corrected chi connectivity index (χ4v) is 2.11. The Morgan fingerprint density at radius 3 is 2.92 bits per heavy atom. The van der Waals surface area contributed by atoms with Crippen LogP contribution in [-0.4, -0.2) is 0 Å². The van der Waals surface area contributed by atoms with Crippen molar-refractivity contribution in [3.05, 3.63) is 34.3 Å². The smallest absolute Gasteiger partial charge is 0.0693 e. The molecule has 0 saturated heterocycles. The van der Waals surface area contributed by atoms with E-state index in [1.165, 1.54) is 5.56 Å². The maximum absolute atomic E-state index is 8.90. The molecule has 2 unspecified atom stereocenters. The van der Waals surface area contributed by atoms with Crippen LogP contribution in [0.4, 0.5) is 0 Å². The highest BCUT2D eigenvalue weighted by Crippen LogP contribution is 2.58. The lowest BCUT2D eigenvalue weighted by atomic mass is 10.0.